The van der Waals surface area contributed by atoms with Crippen molar-refractivity contribution in [3.05, 3.63) is 82.4 Å². The van der Waals surface area contributed by atoms with E-state index in [2.05, 4.69) is 57.8 Å². The second-order valence-corrected chi connectivity index (χ2v) is 10.2. The van der Waals surface area contributed by atoms with E-state index in [4.69, 9.17) is 0 Å². The third-order valence-corrected chi connectivity index (χ3v) is 7.53. The number of carbonyl (C=O) groups is 1. The lowest BCUT2D eigenvalue weighted by Crippen LogP contribution is -2.13. The molecule has 0 aromatic heterocycles. The highest BCUT2D eigenvalue weighted by Gasteiger charge is 2.25. The molecule has 2 N–H and O–H groups in total. The topological polar surface area (TPSA) is 49.3 Å². The summed E-state index contributed by atoms with van der Waals surface area (Å²) in [6.45, 7) is 13.5. The molecule has 1 aliphatic carbocycles. The highest BCUT2D eigenvalue weighted by molar-refractivity contribution is 5.97. The maximum Gasteiger partial charge on any atom is 0.335 e. The molecule has 36 heavy (non-hydrogen) atoms. The summed E-state index contributed by atoms with van der Waals surface area (Å²) < 4.78 is 0. The van der Waals surface area contributed by atoms with Gasteiger partial charge in [-0.15, -0.1) is 0 Å². The zero-order valence-corrected chi connectivity index (χ0v) is 22.6. The standard InChI is InChI=1S/C33H43NO2/c1-6-8-13-21-34-32-29(16-9-7-2)23(3)17-19-30(32)25(5)31(26-14-11-10-12-15-26)28-20-18-27(33(35)36)22-24(28)4/h7,9,16-20,22,26,34H,2,6,8,10-15,21H2,1,3-5H3,(H,35,36)/b16-9-,31-25+. The molecule has 1 fully saturated rings. The van der Waals surface area contributed by atoms with Crippen LogP contribution in [0.3, 0.4) is 0 Å². The molecule has 0 spiro atoms. The number of allylic oxidation sites excluding steroid dienone is 4. The Hall–Kier alpha value is -3.07. The van der Waals surface area contributed by atoms with Gasteiger partial charge in [0, 0.05) is 23.4 Å². The van der Waals surface area contributed by atoms with Gasteiger partial charge in [-0.05, 0) is 85.9 Å². The Morgan fingerprint density at radius 2 is 1.78 bits per heavy atom. The average molecular weight is 486 g/mol. The fourth-order valence-electron chi connectivity index (χ4n) is 5.56. The summed E-state index contributed by atoms with van der Waals surface area (Å²) in [6, 6.07) is 10.1. The molecular formula is C33H43NO2. The van der Waals surface area contributed by atoms with Gasteiger partial charge in [0.2, 0.25) is 0 Å². The molecule has 0 unspecified atom stereocenters. The van der Waals surface area contributed by atoms with E-state index in [0.29, 0.717) is 11.5 Å². The normalized spacial score (nSPS) is 15.1. The maximum atomic E-state index is 11.6. The Kier molecular flexibility index (Phi) is 10.2. The number of nitrogens with one attached hydrogen (secondary N) is 1. The minimum atomic E-state index is -0.875. The quantitative estimate of drug-likeness (QED) is 0.189. The van der Waals surface area contributed by atoms with Crippen LogP contribution in [0.5, 0.6) is 0 Å². The second-order valence-electron chi connectivity index (χ2n) is 10.2. The van der Waals surface area contributed by atoms with Crippen molar-refractivity contribution < 1.29 is 9.90 Å². The number of benzene rings is 2. The molecule has 0 bridgehead atoms. The van der Waals surface area contributed by atoms with Gasteiger partial charge in [0.05, 0.1) is 5.56 Å². The van der Waals surface area contributed by atoms with Crippen LogP contribution in [0.25, 0.3) is 17.2 Å². The first kappa shape index (κ1) is 27.5. The van der Waals surface area contributed by atoms with E-state index in [-0.39, 0.29) is 0 Å². The van der Waals surface area contributed by atoms with Crippen LogP contribution in [0, 0.1) is 19.8 Å². The smallest absolute Gasteiger partial charge is 0.335 e. The third kappa shape index (κ3) is 6.57. The van der Waals surface area contributed by atoms with Crippen molar-refractivity contribution in [2.45, 2.75) is 79.1 Å². The Balaban J connectivity index is 2.23. The molecule has 3 heteroatoms. The van der Waals surface area contributed by atoms with Gasteiger partial charge in [0.1, 0.15) is 0 Å². The number of aromatic carboxylic acids is 1. The number of hydrogen-bond donors (Lipinski definition) is 2. The van der Waals surface area contributed by atoms with Crippen LogP contribution in [0.4, 0.5) is 5.69 Å². The van der Waals surface area contributed by atoms with Gasteiger partial charge >= 0.3 is 5.97 Å². The van der Waals surface area contributed by atoms with Crippen molar-refractivity contribution in [3.8, 4) is 0 Å². The van der Waals surface area contributed by atoms with Crippen LogP contribution >= 0.6 is 0 Å². The van der Waals surface area contributed by atoms with Gasteiger partial charge in [0.15, 0.2) is 0 Å². The highest BCUT2D eigenvalue weighted by Crippen LogP contribution is 2.43. The van der Waals surface area contributed by atoms with Crippen LogP contribution in [0.1, 0.15) is 103 Å². The first-order valence-electron chi connectivity index (χ1n) is 13.6. The molecule has 1 aliphatic rings. The summed E-state index contributed by atoms with van der Waals surface area (Å²) >= 11 is 0. The Labute approximate surface area is 218 Å². The lowest BCUT2D eigenvalue weighted by molar-refractivity contribution is 0.0696. The summed E-state index contributed by atoms with van der Waals surface area (Å²) in [4.78, 5) is 11.6. The number of carboxylic acids is 1. The van der Waals surface area contributed by atoms with Crippen molar-refractivity contribution in [2.24, 2.45) is 5.92 Å². The van der Waals surface area contributed by atoms with Gasteiger partial charge in [0.25, 0.3) is 0 Å². The molecule has 3 nitrogen and oxygen atoms in total. The predicted octanol–water partition coefficient (Wildman–Crippen LogP) is 9.31. The molecule has 0 heterocycles. The van der Waals surface area contributed by atoms with Crippen LogP contribution in [0.15, 0.2) is 49.1 Å². The van der Waals surface area contributed by atoms with Crippen molar-refractivity contribution in [3.63, 3.8) is 0 Å². The minimum Gasteiger partial charge on any atom is -0.478 e. The SMILES string of the molecule is C=C/C=C\c1c(C)ccc(/C(C)=C(/c2ccc(C(=O)O)cc2C)C2CCCCC2)c1NCCCCC. The van der Waals surface area contributed by atoms with Gasteiger partial charge < -0.3 is 10.4 Å². The molecule has 0 amide bonds. The van der Waals surface area contributed by atoms with Crippen molar-refractivity contribution >= 4 is 28.9 Å². The van der Waals surface area contributed by atoms with E-state index < -0.39 is 5.97 Å². The Morgan fingerprint density at radius 3 is 2.42 bits per heavy atom. The summed E-state index contributed by atoms with van der Waals surface area (Å²) in [5.74, 6) is -0.394. The first-order chi connectivity index (χ1) is 17.4. The third-order valence-electron chi connectivity index (χ3n) is 7.53. The van der Waals surface area contributed by atoms with Crippen molar-refractivity contribution in [1.29, 1.82) is 0 Å². The summed E-state index contributed by atoms with van der Waals surface area (Å²) in [6.07, 6.45) is 15.7. The molecule has 0 aliphatic heterocycles. The van der Waals surface area contributed by atoms with Crippen LogP contribution in [0.2, 0.25) is 0 Å². The highest BCUT2D eigenvalue weighted by atomic mass is 16.4. The Bertz CT molecular complexity index is 1130. The largest absolute Gasteiger partial charge is 0.478 e. The number of rotatable bonds is 11. The van der Waals surface area contributed by atoms with Crippen LogP contribution in [-0.4, -0.2) is 17.6 Å². The van der Waals surface area contributed by atoms with Gasteiger partial charge in [-0.25, -0.2) is 4.79 Å². The van der Waals surface area contributed by atoms with Gasteiger partial charge in [-0.3, -0.25) is 0 Å². The molecule has 3 rings (SSSR count). The molecule has 2 aromatic rings. The lowest BCUT2D eigenvalue weighted by atomic mass is 9.76. The summed E-state index contributed by atoms with van der Waals surface area (Å²) in [7, 11) is 0. The Morgan fingerprint density at radius 1 is 1.06 bits per heavy atom. The fraction of sp³-hybridized carbons (Fsp3) is 0.424. The molecule has 2 aromatic carbocycles. The fourth-order valence-corrected chi connectivity index (χ4v) is 5.56. The number of carboxylic acid groups (broad SMARTS) is 1. The van der Waals surface area contributed by atoms with Gasteiger partial charge in [-0.1, -0.05) is 82.0 Å². The molecular weight excluding hydrogens is 442 g/mol. The van der Waals surface area contributed by atoms with Gasteiger partial charge in [-0.2, -0.15) is 0 Å². The summed E-state index contributed by atoms with van der Waals surface area (Å²) in [5, 5.41) is 13.3. The van der Waals surface area contributed by atoms with Crippen LogP contribution < -0.4 is 5.32 Å². The predicted molar refractivity (Wildman–Crippen MR) is 156 cm³/mol. The van der Waals surface area contributed by atoms with E-state index in [9.17, 15) is 9.90 Å². The second kappa shape index (κ2) is 13.3. The monoisotopic (exact) mass is 485 g/mol. The first-order valence-corrected chi connectivity index (χ1v) is 13.6. The van der Waals surface area contributed by atoms with E-state index in [1.165, 1.54) is 84.0 Å². The molecule has 0 radical (unpaired) electrons. The molecule has 1 saturated carbocycles. The number of unbranched alkanes of at least 4 members (excludes halogenated alkanes) is 2. The zero-order chi connectivity index (χ0) is 26.1. The molecule has 0 saturated heterocycles. The molecule has 0 atom stereocenters. The number of hydrogen-bond acceptors (Lipinski definition) is 2. The molecule has 192 valence electrons. The maximum absolute atomic E-state index is 11.6. The number of aryl methyl sites for hydroxylation is 2. The average Bonchev–Trinajstić information content (AvgIpc) is 2.87. The zero-order valence-electron chi connectivity index (χ0n) is 22.6. The van der Waals surface area contributed by atoms with E-state index in [1.807, 2.05) is 24.3 Å². The van der Waals surface area contributed by atoms with E-state index in [1.54, 1.807) is 6.07 Å². The van der Waals surface area contributed by atoms with Crippen molar-refractivity contribution in [2.75, 3.05) is 11.9 Å². The van der Waals surface area contributed by atoms with Crippen LogP contribution in [-0.2, 0) is 0 Å². The number of anilines is 1. The summed E-state index contributed by atoms with van der Waals surface area (Å²) in [5.41, 5.74) is 10.1. The van der Waals surface area contributed by atoms with Crippen molar-refractivity contribution in [1.82, 2.24) is 0 Å². The lowest BCUT2D eigenvalue weighted by Gasteiger charge is -2.29. The van der Waals surface area contributed by atoms with E-state index in [0.717, 1.165) is 18.5 Å². The van der Waals surface area contributed by atoms with E-state index >= 15 is 0 Å². The minimum absolute atomic E-state index is 0.349.